The highest BCUT2D eigenvalue weighted by atomic mass is 35.5. The second-order valence-corrected chi connectivity index (χ2v) is 3.99. The summed E-state index contributed by atoms with van der Waals surface area (Å²) in [7, 11) is 0. The second-order valence-electron chi connectivity index (χ2n) is 3.58. The zero-order valence-corrected chi connectivity index (χ0v) is 9.44. The van der Waals surface area contributed by atoms with Gasteiger partial charge in [0.15, 0.2) is 11.5 Å². The van der Waals surface area contributed by atoms with Crippen molar-refractivity contribution in [2.24, 2.45) is 0 Å². The number of H-pyrrole nitrogens is 1. The van der Waals surface area contributed by atoms with Gasteiger partial charge < -0.3 is 5.73 Å². The maximum atomic E-state index is 6.10. The SMILES string of the molecule is Nc1n[nH]c2nnc(-c3ccccc3Cl)cc12. The van der Waals surface area contributed by atoms with Crippen LogP contribution in [-0.2, 0) is 0 Å². The third-order valence-electron chi connectivity index (χ3n) is 2.50. The van der Waals surface area contributed by atoms with Gasteiger partial charge in [-0.2, -0.15) is 5.10 Å². The van der Waals surface area contributed by atoms with Crippen LogP contribution in [0.2, 0.25) is 5.02 Å². The maximum Gasteiger partial charge on any atom is 0.180 e. The Hall–Kier alpha value is -2.14. The molecule has 0 aliphatic carbocycles. The molecule has 0 atom stereocenters. The minimum atomic E-state index is 0.406. The quantitative estimate of drug-likeness (QED) is 0.689. The molecule has 0 radical (unpaired) electrons. The van der Waals surface area contributed by atoms with E-state index in [9.17, 15) is 0 Å². The number of aromatic nitrogens is 4. The highest BCUT2D eigenvalue weighted by Crippen LogP contribution is 2.27. The fourth-order valence-corrected chi connectivity index (χ4v) is 1.88. The van der Waals surface area contributed by atoms with E-state index in [1.807, 2.05) is 30.3 Å². The Kier molecular flexibility index (Phi) is 2.19. The normalized spacial score (nSPS) is 10.9. The Morgan fingerprint density at radius 2 is 2.00 bits per heavy atom. The first-order valence-corrected chi connectivity index (χ1v) is 5.35. The predicted octanol–water partition coefficient (Wildman–Crippen LogP) is 2.26. The third kappa shape index (κ3) is 1.60. The van der Waals surface area contributed by atoms with E-state index in [2.05, 4.69) is 20.4 Å². The molecule has 3 N–H and O–H groups in total. The number of anilines is 1. The molecular weight excluding hydrogens is 238 g/mol. The topological polar surface area (TPSA) is 80.5 Å². The van der Waals surface area contributed by atoms with E-state index in [0.717, 1.165) is 10.9 Å². The van der Waals surface area contributed by atoms with Crippen molar-refractivity contribution in [1.29, 1.82) is 0 Å². The van der Waals surface area contributed by atoms with Crippen molar-refractivity contribution in [3.8, 4) is 11.3 Å². The first kappa shape index (κ1) is 10.0. The number of nitrogens with one attached hydrogen (secondary N) is 1. The molecule has 0 bridgehead atoms. The van der Waals surface area contributed by atoms with Crippen molar-refractivity contribution in [2.75, 3.05) is 5.73 Å². The summed E-state index contributed by atoms with van der Waals surface area (Å²) in [5.74, 6) is 0.406. The summed E-state index contributed by atoms with van der Waals surface area (Å²) >= 11 is 6.10. The van der Waals surface area contributed by atoms with E-state index < -0.39 is 0 Å². The molecule has 6 heteroatoms. The monoisotopic (exact) mass is 245 g/mol. The summed E-state index contributed by atoms with van der Waals surface area (Å²) < 4.78 is 0. The van der Waals surface area contributed by atoms with Crippen LogP contribution in [0, 0.1) is 0 Å². The van der Waals surface area contributed by atoms with Crippen LogP contribution in [0.4, 0.5) is 5.82 Å². The lowest BCUT2D eigenvalue weighted by molar-refractivity contribution is 1.03. The van der Waals surface area contributed by atoms with Gasteiger partial charge in [0.25, 0.3) is 0 Å². The number of nitrogen functional groups attached to an aromatic ring is 1. The van der Waals surface area contributed by atoms with Crippen LogP contribution in [0.1, 0.15) is 0 Å². The average molecular weight is 246 g/mol. The number of benzene rings is 1. The molecule has 0 saturated heterocycles. The number of aromatic amines is 1. The van der Waals surface area contributed by atoms with Gasteiger partial charge in [-0.1, -0.05) is 29.8 Å². The van der Waals surface area contributed by atoms with Crippen molar-refractivity contribution >= 4 is 28.5 Å². The molecule has 0 amide bonds. The van der Waals surface area contributed by atoms with Gasteiger partial charge in [-0.15, -0.1) is 10.2 Å². The zero-order valence-electron chi connectivity index (χ0n) is 8.68. The number of hydrogen-bond acceptors (Lipinski definition) is 4. The molecule has 17 heavy (non-hydrogen) atoms. The first-order valence-electron chi connectivity index (χ1n) is 4.98. The van der Waals surface area contributed by atoms with Crippen LogP contribution in [0.5, 0.6) is 0 Å². The van der Waals surface area contributed by atoms with Gasteiger partial charge in [-0.25, -0.2) is 0 Å². The fraction of sp³-hybridized carbons (Fsp3) is 0. The van der Waals surface area contributed by atoms with E-state index in [1.165, 1.54) is 0 Å². The zero-order chi connectivity index (χ0) is 11.8. The molecule has 2 aromatic heterocycles. The van der Waals surface area contributed by atoms with Gasteiger partial charge in [-0.3, -0.25) is 5.10 Å². The lowest BCUT2D eigenvalue weighted by atomic mass is 10.1. The van der Waals surface area contributed by atoms with E-state index in [4.69, 9.17) is 17.3 Å². The number of fused-ring (bicyclic) bond motifs is 1. The van der Waals surface area contributed by atoms with Crippen LogP contribution in [0.25, 0.3) is 22.3 Å². The van der Waals surface area contributed by atoms with Crippen molar-refractivity contribution in [3.63, 3.8) is 0 Å². The Bertz CT molecular complexity index is 691. The van der Waals surface area contributed by atoms with E-state index in [-0.39, 0.29) is 0 Å². The maximum absolute atomic E-state index is 6.10. The second kappa shape index (κ2) is 3.71. The summed E-state index contributed by atoms with van der Waals surface area (Å²) in [5.41, 5.74) is 7.79. The fourth-order valence-electron chi connectivity index (χ4n) is 1.64. The summed E-state index contributed by atoms with van der Waals surface area (Å²) in [6.45, 7) is 0. The van der Waals surface area contributed by atoms with Gasteiger partial charge in [-0.05, 0) is 12.1 Å². The smallest absolute Gasteiger partial charge is 0.180 e. The molecule has 0 fully saturated rings. The lowest BCUT2D eigenvalue weighted by Crippen LogP contribution is -1.90. The number of rotatable bonds is 1. The van der Waals surface area contributed by atoms with Crippen molar-refractivity contribution in [1.82, 2.24) is 20.4 Å². The number of nitrogens with zero attached hydrogens (tertiary/aromatic N) is 3. The van der Waals surface area contributed by atoms with E-state index in [1.54, 1.807) is 0 Å². The molecule has 0 aliphatic heterocycles. The van der Waals surface area contributed by atoms with Crippen molar-refractivity contribution in [3.05, 3.63) is 35.4 Å². The number of halogens is 1. The number of nitrogens with two attached hydrogens (primary N) is 1. The lowest BCUT2D eigenvalue weighted by Gasteiger charge is -2.02. The standard InChI is InChI=1S/C11H8ClN5/c12-8-4-2-1-3-6(8)9-5-7-10(13)15-17-11(7)16-14-9/h1-5H,(H3,13,15,16,17). The summed E-state index contributed by atoms with van der Waals surface area (Å²) in [6.07, 6.45) is 0. The van der Waals surface area contributed by atoms with Gasteiger partial charge in [0, 0.05) is 5.56 Å². The molecule has 3 aromatic rings. The minimum absolute atomic E-state index is 0.406. The Morgan fingerprint density at radius 1 is 1.18 bits per heavy atom. The Morgan fingerprint density at radius 3 is 2.82 bits per heavy atom. The minimum Gasteiger partial charge on any atom is -0.382 e. The average Bonchev–Trinajstić information content (AvgIpc) is 2.71. The van der Waals surface area contributed by atoms with Crippen molar-refractivity contribution in [2.45, 2.75) is 0 Å². The Balaban J connectivity index is 2.24. The molecule has 1 aromatic carbocycles. The first-order chi connectivity index (χ1) is 8.25. The summed E-state index contributed by atoms with van der Waals surface area (Å²) in [6, 6.07) is 9.27. The van der Waals surface area contributed by atoms with Crippen LogP contribution in [0.3, 0.4) is 0 Å². The molecule has 0 unspecified atom stereocenters. The molecule has 0 spiro atoms. The van der Waals surface area contributed by atoms with Gasteiger partial charge >= 0.3 is 0 Å². The molecular formula is C11H8ClN5. The third-order valence-corrected chi connectivity index (χ3v) is 2.83. The van der Waals surface area contributed by atoms with Gasteiger partial charge in [0.05, 0.1) is 16.1 Å². The van der Waals surface area contributed by atoms with Crippen LogP contribution >= 0.6 is 11.6 Å². The highest BCUT2D eigenvalue weighted by Gasteiger charge is 2.09. The molecule has 0 aliphatic rings. The van der Waals surface area contributed by atoms with Crippen LogP contribution in [-0.4, -0.2) is 20.4 Å². The van der Waals surface area contributed by atoms with Crippen LogP contribution < -0.4 is 5.73 Å². The summed E-state index contributed by atoms with van der Waals surface area (Å²) in [4.78, 5) is 0. The van der Waals surface area contributed by atoms with Crippen LogP contribution in [0.15, 0.2) is 30.3 Å². The predicted molar refractivity (Wildman–Crippen MR) is 66.5 cm³/mol. The highest BCUT2D eigenvalue weighted by molar-refractivity contribution is 6.33. The van der Waals surface area contributed by atoms with Crippen molar-refractivity contribution < 1.29 is 0 Å². The largest absolute Gasteiger partial charge is 0.382 e. The van der Waals surface area contributed by atoms with E-state index in [0.29, 0.717) is 22.2 Å². The van der Waals surface area contributed by atoms with Gasteiger partial charge in [0.1, 0.15) is 0 Å². The van der Waals surface area contributed by atoms with E-state index >= 15 is 0 Å². The summed E-state index contributed by atoms with van der Waals surface area (Å²) in [5, 5.41) is 16.0. The molecule has 2 heterocycles. The molecule has 84 valence electrons. The molecule has 3 rings (SSSR count). The Labute approximate surface area is 102 Å². The van der Waals surface area contributed by atoms with Gasteiger partial charge in [0.2, 0.25) is 0 Å². The number of hydrogen-bond donors (Lipinski definition) is 2. The molecule has 5 nitrogen and oxygen atoms in total. The molecule has 0 saturated carbocycles.